The number of anilines is 2. The molecule has 0 radical (unpaired) electrons. The topological polar surface area (TPSA) is 43.4 Å². The summed E-state index contributed by atoms with van der Waals surface area (Å²) < 4.78 is 31.4. The average molecular weight is 873 g/mol. The van der Waals surface area contributed by atoms with E-state index in [-0.39, 0.29) is 15.8 Å². The molecule has 0 amide bonds. The predicted octanol–water partition coefficient (Wildman–Crippen LogP) is 10.6. The van der Waals surface area contributed by atoms with Crippen LogP contribution in [-0.2, 0) is 18.9 Å². The summed E-state index contributed by atoms with van der Waals surface area (Å²) >= 11 is 0. The molecule has 14 aliphatic rings. The summed E-state index contributed by atoms with van der Waals surface area (Å²) in [5, 5.41) is 0. The van der Waals surface area contributed by atoms with Crippen molar-refractivity contribution in [3.63, 3.8) is 0 Å². The minimum absolute atomic E-state index is 0.246. The first kappa shape index (κ1) is 37.8. The largest absolute Gasteiger partial charge is 0.373 e. The molecule has 26 unspecified atom stereocenters. The minimum atomic E-state index is -0.246. The fourth-order valence-corrected chi connectivity index (χ4v) is 30.0. The van der Waals surface area contributed by atoms with E-state index >= 15 is 0 Å². The van der Waals surface area contributed by atoms with Crippen molar-refractivity contribution in [1.82, 2.24) is 0 Å². The third-order valence-corrected chi connectivity index (χ3v) is 29.6. The van der Waals surface area contributed by atoms with Crippen molar-refractivity contribution in [2.75, 3.05) is 9.80 Å². The highest BCUT2D eigenvalue weighted by Crippen LogP contribution is 2.78. The quantitative estimate of drug-likeness (QED) is 0.280. The number of fused-ring (bicyclic) bond motifs is 7. The van der Waals surface area contributed by atoms with Crippen LogP contribution in [0, 0.1) is 35.5 Å². The van der Waals surface area contributed by atoms with Gasteiger partial charge in [-0.15, -0.1) is 0 Å². The van der Waals surface area contributed by atoms with Crippen molar-refractivity contribution in [3.05, 3.63) is 60.7 Å². The van der Waals surface area contributed by atoms with Crippen molar-refractivity contribution in [1.29, 1.82) is 0 Å². The Balaban J connectivity index is 0.880. The molecule has 8 heteroatoms. The van der Waals surface area contributed by atoms with E-state index in [0.717, 1.165) is 23.7 Å². The molecular weight excluding hydrogens is 803 g/mol. The van der Waals surface area contributed by atoms with Crippen LogP contribution in [0.4, 0.5) is 11.4 Å². The molecule has 2 aromatic carbocycles. The molecule has 330 valence electrons. The number of benzene rings is 2. The summed E-state index contributed by atoms with van der Waals surface area (Å²) in [5.41, 5.74) is 6.96. The molecule has 0 bridgehead atoms. The Hall–Kier alpha value is -1.26. The first-order valence-electron chi connectivity index (χ1n) is 26.6. The number of ether oxygens (including phenoxy) is 4. The van der Waals surface area contributed by atoms with Crippen molar-refractivity contribution < 1.29 is 18.9 Å². The van der Waals surface area contributed by atoms with Crippen molar-refractivity contribution >= 4 is 27.2 Å². The van der Waals surface area contributed by atoms with E-state index in [9.17, 15) is 0 Å². The molecule has 6 nitrogen and oxygen atoms in total. The van der Waals surface area contributed by atoms with Gasteiger partial charge in [0.15, 0.2) is 0 Å². The van der Waals surface area contributed by atoms with E-state index in [1.54, 1.807) is 0 Å². The molecule has 14 fully saturated rings. The van der Waals surface area contributed by atoms with Gasteiger partial charge in [0.25, 0.3) is 0 Å². The van der Waals surface area contributed by atoms with Gasteiger partial charge in [0, 0.05) is 69.5 Å². The number of para-hydroxylation sites is 2. The monoisotopic (exact) mass is 872 g/mol. The zero-order valence-corrected chi connectivity index (χ0v) is 38.6. The summed E-state index contributed by atoms with van der Waals surface area (Å²) in [5.74, 6) is 4.41. The molecule has 0 N–H and O–H groups in total. The summed E-state index contributed by atoms with van der Waals surface area (Å²) in [4.78, 5) is 6.29. The summed E-state index contributed by atoms with van der Waals surface area (Å²) in [6.45, 7) is 0. The maximum Gasteiger partial charge on any atom is 0.0702 e. The van der Waals surface area contributed by atoms with E-state index in [0.29, 0.717) is 119 Å². The maximum absolute atomic E-state index is 8.02. The van der Waals surface area contributed by atoms with Crippen LogP contribution in [-0.4, -0.2) is 107 Å². The van der Waals surface area contributed by atoms with Crippen LogP contribution < -0.4 is 9.80 Å². The van der Waals surface area contributed by atoms with Gasteiger partial charge in [0.1, 0.15) is 0 Å². The van der Waals surface area contributed by atoms with E-state index in [4.69, 9.17) is 18.9 Å². The lowest BCUT2D eigenvalue weighted by Crippen LogP contribution is -2.80. The third kappa shape index (κ3) is 5.06. The van der Waals surface area contributed by atoms with Crippen LogP contribution in [0.3, 0.4) is 0 Å². The lowest BCUT2D eigenvalue weighted by atomic mass is 9.61. The molecule has 6 aliphatic heterocycles. The first-order valence-corrected chi connectivity index (χ1v) is 29.7. The molecule has 16 rings (SSSR count). The smallest absolute Gasteiger partial charge is 0.0702 e. The van der Waals surface area contributed by atoms with Crippen LogP contribution in [0.15, 0.2) is 60.7 Å². The molecule has 62 heavy (non-hydrogen) atoms. The van der Waals surface area contributed by atoms with Crippen LogP contribution >= 0.6 is 15.8 Å². The Morgan fingerprint density at radius 1 is 0.371 bits per heavy atom. The molecule has 8 aliphatic carbocycles. The number of hydrogen-bond donors (Lipinski definition) is 0. The molecule has 6 heterocycles. The van der Waals surface area contributed by atoms with Gasteiger partial charge < -0.3 is 28.7 Å². The normalized spacial score (nSPS) is 56.8. The van der Waals surface area contributed by atoms with Gasteiger partial charge in [-0.2, -0.15) is 0 Å². The highest BCUT2D eigenvalue weighted by Gasteiger charge is 2.74. The molecule has 2 aromatic rings. The van der Waals surface area contributed by atoms with Crippen LogP contribution in [0.2, 0.25) is 0 Å². The molecular formula is C54H70N2O4P2. The van der Waals surface area contributed by atoms with Crippen molar-refractivity contribution in [2.24, 2.45) is 35.5 Å². The van der Waals surface area contributed by atoms with Gasteiger partial charge in [-0.25, -0.2) is 0 Å². The molecule has 8 saturated carbocycles. The van der Waals surface area contributed by atoms with Crippen LogP contribution in [0.5, 0.6) is 0 Å². The zero-order valence-electron chi connectivity index (χ0n) is 36.8. The second kappa shape index (κ2) is 14.1. The molecule has 6 saturated heterocycles. The second-order valence-corrected chi connectivity index (χ2v) is 29.1. The van der Waals surface area contributed by atoms with E-state index < -0.39 is 0 Å². The number of nitrogens with zero attached hydrogens (tertiary/aromatic N) is 2. The van der Waals surface area contributed by atoms with Gasteiger partial charge in [-0.3, -0.25) is 0 Å². The highest BCUT2D eigenvalue weighted by molar-refractivity contribution is 7.61. The number of hydrogen-bond acceptors (Lipinski definition) is 6. The van der Waals surface area contributed by atoms with Gasteiger partial charge in [-0.1, -0.05) is 77.9 Å². The lowest BCUT2D eigenvalue weighted by molar-refractivity contribution is -0.187. The SMILES string of the molecule is c1ccc(N2C3CCCC4OC5C6CCCCC6CC6OC7CC8C(CC9OC%10CC%11CCCCC%11C%11OC%12CCCC%13C%12P(C%10%11)C9C8N%13c8ccccc8)C2C7P(C65)C43)cc1. The fraction of sp³-hybridized carbons (Fsp3) is 0.778. The second-order valence-electron chi connectivity index (χ2n) is 23.7. The Morgan fingerprint density at radius 2 is 0.806 bits per heavy atom. The lowest BCUT2D eigenvalue weighted by Gasteiger charge is -2.75. The van der Waals surface area contributed by atoms with Crippen LogP contribution in [0.1, 0.15) is 116 Å². The van der Waals surface area contributed by atoms with Gasteiger partial charge in [0.05, 0.1) is 48.8 Å². The Morgan fingerprint density at radius 3 is 1.27 bits per heavy atom. The summed E-state index contributed by atoms with van der Waals surface area (Å²) in [6.07, 6.45) is 27.7. The summed E-state index contributed by atoms with van der Waals surface area (Å²) in [7, 11) is -0.492. The van der Waals surface area contributed by atoms with Gasteiger partial charge >= 0.3 is 0 Å². The Kier molecular flexibility index (Phi) is 8.62. The molecule has 0 aromatic heterocycles. The standard InChI is InChI=1S/C54H70N2O4P2/c1-3-15-31(16-4-1)55-37-21-11-23-39-49(37)61-51-43(57-41-25-29-13-7-9-19-33(29)47(59-39)53(41)61)28-36-35(45(51)55)27-44-52-46(36)56(32-17-5-2-6-18-32)38-22-12-24-40-50(38)62(52)54-42(58-44)26-30-14-8-10-20-34(30)48(54)60-40/h1-6,15-18,29-30,33-54H,7-14,19-28H2. The van der Waals surface area contributed by atoms with Crippen molar-refractivity contribution in [2.45, 2.75) is 223 Å². The van der Waals surface area contributed by atoms with Crippen LogP contribution in [0.25, 0.3) is 0 Å². The minimum Gasteiger partial charge on any atom is -0.373 e. The van der Waals surface area contributed by atoms with Gasteiger partial charge in [-0.05, 0) is 150 Å². The summed E-state index contributed by atoms with van der Waals surface area (Å²) in [6, 6.07) is 26.2. The fourth-order valence-electron chi connectivity index (χ4n) is 20.1. The number of rotatable bonds is 2. The van der Waals surface area contributed by atoms with E-state index in [1.807, 2.05) is 0 Å². The van der Waals surface area contributed by atoms with E-state index in [1.165, 1.54) is 127 Å². The first-order chi connectivity index (χ1) is 30.8. The van der Waals surface area contributed by atoms with Gasteiger partial charge in [0.2, 0.25) is 0 Å². The third-order valence-electron chi connectivity index (χ3n) is 21.6. The molecule has 0 spiro atoms. The average Bonchev–Trinajstić information content (AvgIpc) is 3.32. The van der Waals surface area contributed by atoms with E-state index in [2.05, 4.69) is 70.5 Å². The highest BCUT2D eigenvalue weighted by atomic mass is 31.1. The Labute approximate surface area is 373 Å². The van der Waals surface area contributed by atoms with Crippen molar-refractivity contribution in [3.8, 4) is 0 Å². The molecule has 26 atom stereocenters. The maximum atomic E-state index is 8.02. The zero-order chi connectivity index (χ0) is 39.9. The predicted molar refractivity (Wildman–Crippen MR) is 248 cm³/mol. The Bertz CT molecular complexity index is 1900.